The van der Waals surface area contributed by atoms with E-state index in [2.05, 4.69) is 15.9 Å². The molecule has 1 aliphatic carbocycles. The largest absolute Gasteiger partial charge is 0.494 e. The van der Waals surface area contributed by atoms with Crippen LogP contribution in [0.4, 0.5) is 4.79 Å². The van der Waals surface area contributed by atoms with E-state index in [-0.39, 0.29) is 24.3 Å². The number of aromatic hydroxyl groups is 2. The molecule has 0 spiro atoms. The quantitative estimate of drug-likeness (QED) is 0.532. The molecule has 1 amide bonds. The van der Waals surface area contributed by atoms with Crippen molar-refractivity contribution in [1.82, 2.24) is 9.47 Å². The molecule has 0 saturated carbocycles. The summed E-state index contributed by atoms with van der Waals surface area (Å²) in [6.07, 6.45) is 3.41. The fourth-order valence-corrected chi connectivity index (χ4v) is 4.50. The van der Waals surface area contributed by atoms with Gasteiger partial charge in [0.15, 0.2) is 0 Å². The van der Waals surface area contributed by atoms with Gasteiger partial charge >= 0.3 is 6.09 Å². The van der Waals surface area contributed by atoms with Crippen LogP contribution in [0.5, 0.6) is 11.8 Å². The Labute approximate surface area is 181 Å². The predicted octanol–water partition coefficient (Wildman–Crippen LogP) is 5.00. The topological polar surface area (TPSA) is 74.9 Å². The maximum absolute atomic E-state index is 12.8. The van der Waals surface area contributed by atoms with E-state index in [1.807, 2.05) is 54.6 Å². The molecule has 2 aliphatic heterocycles. The van der Waals surface area contributed by atoms with Crippen molar-refractivity contribution in [2.75, 3.05) is 6.54 Å². The zero-order chi connectivity index (χ0) is 20.8. The van der Waals surface area contributed by atoms with E-state index in [4.69, 9.17) is 4.74 Å². The summed E-state index contributed by atoms with van der Waals surface area (Å²) >= 11 is 3.39. The summed E-state index contributed by atoms with van der Waals surface area (Å²) in [6, 6.07) is 16.3. The lowest BCUT2D eigenvalue weighted by atomic mass is 9.82. The molecule has 1 aromatic heterocycles. The van der Waals surface area contributed by atoms with Gasteiger partial charge < -0.3 is 14.9 Å². The van der Waals surface area contributed by atoms with Crippen LogP contribution in [0.15, 0.2) is 71.2 Å². The summed E-state index contributed by atoms with van der Waals surface area (Å²) in [7, 11) is 0. The number of benzene rings is 2. The van der Waals surface area contributed by atoms with Crippen molar-refractivity contribution in [2.45, 2.75) is 18.6 Å². The second-order valence-electron chi connectivity index (χ2n) is 7.42. The second kappa shape index (κ2) is 7.25. The predicted molar refractivity (Wildman–Crippen MR) is 115 cm³/mol. The molecule has 0 unspecified atom stereocenters. The number of halogens is 1. The lowest BCUT2D eigenvalue weighted by Gasteiger charge is -2.40. The molecule has 6 nitrogen and oxygen atoms in total. The van der Waals surface area contributed by atoms with Crippen LogP contribution in [-0.2, 0) is 11.3 Å². The van der Waals surface area contributed by atoms with E-state index >= 15 is 0 Å². The number of fused-ring (bicyclic) bond motifs is 1. The molecular formula is C23H19BrN2O4. The third-order valence-corrected chi connectivity index (χ3v) is 6.17. The van der Waals surface area contributed by atoms with Crippen LogP contribution in [0.2, 0.25) is 0 Å². The molecule has 0 saturated heterocycles. The Kier molecular flexibility index (Phi) is 4.55. The number of hydrogen-bond donors (Lipinski definition) is 2. The fraction of sp³-hybridized carbons (Fsp3) is 0.174. The Bertz CT molecular complexity index is 1140. The Morgan fingerprint density at radius 1 is 1.00 bits per heavy atom. The molecule has 3 aliphatic rings. The molecule has 0 radical (unpaired) electrons. The molecule has 3 heterocycles. The average molecular weight is 467 g/mol. The number of amides is 1. The third kappa shape index (κ3) is 2.97. The number of carbonyl (C=O) groups is 1. The zero-order valence-electron chi connectivity index (χ0n) is 15.9. The van der Waals surface area contributed by atoms with Crippen LogP contribution < -0.4 is 0 Å². The smallest absolute Gasteiger partial charge is 0.410 e. The Balaban J connectivity index is 1.46. The van der Waals surface area contributed by atoms with Gasteiger partial charge in [-0.2, -0.15) is 0 Å². The fourth-order valence-electron chi connectivity index (χ4n) is 4.23. The second-order valence-corrected chi connectivity index (χ2v) is 8.33. The van der Waals surface area contributed by atoms with Crippen molar-refractivity contribution in [3.63, 3.8) is 0 Å². The van der Waals surface area contributed by atoms with Crippen molar-refractivity contribution >= 4 is 22.0 Å². The van der Waals surface area contributed by atoms with Crippen LogP contribution in [0.1, 0.15) is 28.7 Å². The first kappa shape index (κ1) is 18.8. The molecule has 7 heteroatoms. The van der Waals surface area contributed by atoms with Gasteiger partial charge in [-0.05, 0) is 29.8 Å². The van der Waals surface area contributed by atoms with Crippen molar-refractivity contribution < 1.29 is 19.7 Å². The molecule has 2 atom stereocenters. The van der Waals surface area contributed by atoms with E-state index in [0.717, 1.165) is 10.0 Å². The van der Waals surface area contributed by atoms with Crippen molar-refractivity contribution in [3.8, 4) is 17.4 Å². The number of rotatable bonds is 3. The van der Waals surface area contributed by atoms with Gasteiger partial charge in [-0.1, -0.05) is 58.4 Å². The van der Waals surface area contributed by atoms with Crippen molar-refractivity contribution in [2.24, 2.45) is 0 Å². The lowest BCUT2D eigenvalue weighted by molar-refractivity contribution is 0.0797. The summed E-state index contributed by atoms with van der Waals surface area (Å²) in [5.74, 6) is -0.275. The SMILES string of the molecule is O=C(OCc1ccccc1)N1C[C@@H]2C=C[C@H]1c1c2c(O)n(-c2ccc(Br)cc2)c1O. The van der Waals surface area contributed by atoms with E-state index < -0.39 is 12.1 Å². The van der Waals surface area contributed by atoms with Crippen molar-refractivity contribution in [1.29, 1.82) is 0 Å². The number of nitrogens with zero attached hydrogens (tertiary/aromatic N) is 2. The van der Waals surface area contributed by atoms with Crippen LogP contribution in [0.3, 0.4) is 0 Å². The van der Waals surface area contributed by atoms with E-state index in [1.165, 1.54) is 4.57 Å². The number of ether oxygens (including phenoxy) is 1. The maximum atomic E-state index is 12.8. The van der Waals surface area contributed by atoms with Gasteiger partial charge in [-0.25, -0.2) is 4.79 Å². The molecule has 30 heavy (non-hydrogen) atoms. The van der Waals surface area contributed by atoms with Gasteiger partial charge in [0.05, 0.1) is 11.7 Å². The summed E-state index contributed by atoms with van der Waals surface area (Å²) in [6.45, 7) is 0.570. The van der Waals surface area contributed by atoms with Gasteiger partial charge in [0.1, 0.15) is 6.61 Å². The first-order valence-electron chi connectivity index (χ1n) is 9.62. The molecule has 2 N–H and O–H groups in total. The van der Waals surface area contributed by atoms with Crippen LogP contribution in [0, 0.1) is 0 Å². The van der Waals surface area contributed by atoms with Crippen LogP contribution >= 0.6 is 15.9 Å². The molecule has 2 bridgehead atoms. The molecule has 152 valence electrons. The lowest BCUT2D eigenvalue weighted by Crippen LogP contribution is -2.43. The first-order chi connectivity index (χ1) is 14.5. The van der Waals surface area contributed by atoms with Gasteiger partial charge in [0.25, 0.3) is 0 Å². The number of hydrogen-bond acceptors (Lipinski definition) is 4. The zero-order valence-corrected chi connectivity index (χ0v) is 17.5. The molecular weight excluding hydrogens is 448 g/mol. The average Bonchev–Trinajstić information content (AvgIpc) is 3.06. The monoisotopic (exact) mass is 466 g/mol. The van der Waals surface area contributed by atoms with E-state index in [1.54, 1.807) is 17.0 Å². The highest BCUT2D eigenvalue weighted by Gasteiger charge is 2.44. The molecule has 3 aromatic rings. The van der Waals surface area contributed by atoms with Crippen LogP contribution in [0.25, 0.3) is 5.69 Å². The van der Waals surface area contributed by atoms with Gasteiger partial charge in [0, 0.05) is 28.1 Å². The summed E-state index contributed by atoms with van der Waals surface area (Å²) < 4.78 is 7.83. The van der Waals surface area contributed by atoms with E-state index in [9.17, 15) is 15.0 Å². The Hall–Kier alpha value is -3.19. The molecule has 2 aromatic carbocycles. The van der Waals surface area contributed by atoms with Crippen LogP contribution in [-0.4, -0.2) is 32.3 Å². The standard InChI is InChI=1S/C23H19BrN2O4/c24-16-7-9-17(10-8-16)26-21(27)19-15-6-11-18(20(19)22(26)28)25(12-15)23(29)30-13-14-4-2-1-3-5-14/h1-11,15,18,27-28H,12-13H2/t15-,18-/m0/s1. The molecule has 6 rings (SSSR count). The summed E-state index contributed by atoms with van der Waals surface area (Å²) in [5, 5.41) is 21.9. The summed E-state index contributed by atoms with van der Waals surface area (Å²) in [5.41, 5.74) is 2.76. The van der Waals surface area contributed by atoms with Gasteiger partial charge in [-0.3, -0.25) is 9.47 Å². The summed E-state index contributed by atoms with van der Waals surface area (Å²) in [4.78, 5) is 14.4. The highest BCUT2D eigenvalue weighted by Crippen LogP contribution is 2.52. The minimum absolute atomic E-state index is 0.00137. The molecule has 0 fully saturated rings. The van der Waals surface area contributed by atoms with Gasteiger partial charge in [0.2, 0.25) is 11.8 Å². The maximum Gasteiger partial charge on any atom is 0.410 e. The minimum Gasteiger partial charge on any atom is -0.494 e. The number of aromatic nitrogens is 1. The Morgan fingerprint density at radius 2 is 1.70 bits per heavy atom. The normalized spacial score (nSPS) is 19.0. The minimum atomic E-state index is -0.490. The van der Waals surface area contributed by atoms with Crippen molar-refractivity contribution in [3.05, 3.63) is 87.9 Å². The first-order valence-corrected chi connectivity index (χ1v) is 10.4. The highest BCUT2D eigenvalue weighted by molar-refractivity contribution is 9.10. The van der Waals surface area contributed by atoms with Gasteiger partial charge in [-0.15, -0.1) is 0 Å². The third-order valence-electron chi connectivity index (χ3n) is 5.64. The Morgan fingerprint density at radius 3 is 2.43 bits per heavy atom. The van der Waals surface area contributed by atoms with E-state index in [0.29, 0.717) is 23.4 Å². The number of carbonyl (C=O) groups excluding carboxylic acids is 1. The highest BCUT2D eigenvalue weighted by atomic mass is 79.9.